The fourth-order valence-electron chi connectivity index (χ4n) is 1.53. The van der Waals surface area contributed by atoms with Crippen molar-refractivity contribution in [2.24, 2.45) is 0 Å². The monoisotopic (exact) mass is 231 g/mol. The van der Waals surface area contributed by atoms with Gasteiger partial charge in [0.15, 0.2) is 5.75 Å². The van der Waals surface area contributed by atoms with E-state index >= 15 is 0 Å². The van der Waals surface area contributed by atoms with E-state index in [1.807, 2.05) is 0 Å². The predicted octanol–water partition coefficient (Wildman–Crippen LogP) is 2.28. The Morgan fingerprint density at radius 1 is 1.50 bits per heavy atom. The first kappa shape index (κ1) is 9.62. The maximum atomic E-state index is 11.6. The van der Waals surface area contributed by atoms with Crippen LogP contribution < -0.4 is 0 Å². The lowest BCUT2D eigenvalue weighted by Crippen LogP contribution is -2.17. The summed E-state index contributed by atoms with van der Waals surface area (Å²) < 4.78 is 0. The molecule has 14 heavy (non-hydrogen) atoms. The van der Waals surface area contributed by atoms with Gasteiger partial charge < -0.3 is 10.0 Å². The highest BCUT2D eigenvalue weighted by molar-refractivity contribution is 6.39. The van der Waals surface area contributed by atoms with E-state index < -0.39 is 0 Å². The van der Waals surface area contributed by atoms with E-state index in [0.29, 0.717) is 12.1 Å². The second-order valence-electron chi connectivity index (χ2n) is 3.22. The number of hydrogen-bond acceptors (Lipinski definition) is 2. The van der Waals surface area contributed by atoms with Gasteiger partial charge in [0.1, 0.15) is 0 Å². The van der Waals surface area contributed by atoms with Crippen LogP contribution in [-0.4, -0.2) is 23.0 Å². The second-order valence-corrected chi connectivity index (χ2v) is 4.00. The molecule has 1 N–H and O–H groups in total. The molecule has 2 rings (SSSR count). The number of phenolic OH excluding ortho intramolecular Hbond substituents is 1. The molecule has 0 unspecified atom stereocenters. The first-order valence-electron chi connectivity index (χ1n) is 3.97. The van der Waals surface area contributed by atoms with Gasteiger partial charge in [0, 0.05) is 13.6 Å². The maximum absolute atomic E-state index is 11.6. The lowest BCUT2D eigenvalue weighted by atomic mass is 10.1. The van der Waals surface area contributed by atoms with Crippen LogP contribution in [0.1, 0.15) is 15.9 Å². The fraction of sp³-hybridized carbons (Fsp3) is 0.222. The highest BCUT2D eigenvalue weighted by atomic mass is 35.5. The van der Waals surface area contributed by atoms with Gasteiger partial charge in [-0.1, -0.05) is 23.2 Å². The van der Waals surface area contributed by atoms with Gasteiger partial charge in [0.25, 0.3) is 5.91 Å². The molecule has 0 spiro atoms. The third kappa shape index (κ3) is 1.16. The number of phenols is 1. The number of nitrogens with zero attached hydrogens (tertiary/aromatic N) is 1. The third-order valence-corrected chi connectivity index (χ3v) is 2.90. The van der Waals surface area contributed by atoms with Gasteiger partial charge in [-0.05, 0) is 11.6 Å². The van der Waals surface area contributed by atoms with Gasteiger partial charge >= 0.3 is 0 Å². The fourth-order valence-corrected chi connectivity index (χ4v) is 2.11. The molecule has 0 saturated carbocycles. The maximum Gasteiger partial charge on any atom is 0.255 e. The highest BCUT2D eigenvalue weighted by Gasteiger charge is 2.29. The van der Waals surface area contributed by atoms with Crippen LogP contribution in [0.15, 0.2) is 6.07 Å². The third-order valence-electron chi connectivity index (χ3n) is 2.24. The molecule has 0 aliphatic carbocycles. The summed E-state index contributed by atoms with van der Waals surface area (Å²) in [6.07, 6.45) is 0. The number of benzene rings is 1. The zero-order valence-electron chi connectivity index (χ0n) is 7.34. The number of fused-ring (bicyclic) bond motifs is 1. The number of rotatable bonds is 0. The lowest BCUT2D eigenvalue weighted by molar-refractivity contribution is 0.0816. The molecule has 5 heteroatoms. The number of hydrogen-bond donors (Lipinski definition) is 1. The molecule has 0 atom stereocenters. The Kier molecular flexibility index (Phi) is 2.09. The Labute approximate surface area is 90.8 Å². The van der Waals surface area contributed by atoms with Crippen molar-refractivity contribution >= 4 is 29.1 Å². The van der Waals surface area contributed by atoms with E-state index in [2.05, 4.69) is 0 Å². The minimum absolute atomic E-state index is 0.0434. The molecular weight excluding hydrogens is 225 g/mol. The Morgan fingerprint density at radius 3 is 2.79 bits per heavy atom. The summed E-state index contributed by atoms with van der Waals surface area (Å²) in [7, 11) is 1.67. The molecule has 3 nitrogen and oxygen atoms in total. The lowest BCUT2D eigenvalue weighted by Gasteiger charge is -2.05. The first-order valence-corrected chi connectivity index (χ1v) is 4.73. The molecular formula is C9H7Cl2NO2. The molecule has 0 fully saturated rings. The van der Waals surface area contributed by atoms with Crippen LogP contribution in [0, 0.1) is 0 Å². The van der Waals surface area contributed by atoms with Gasteiger partial charge in [-0.25, -0.2) is 0 Å². The summed E-state index contributed by atoms with van der Waals surface area (Å²) in [6.45, 7) is 0.480. The number of carbonyl (C=O) groups excluding carboxylic acids is 1. The van der Waals surface area contributed by atoms with Crippen LogP contribution in [0.2, 0.25) is 10.0 Å². The highest BCUT2D eigenvalue weighted by Crippen LogP contribution is 2.39. The van der Waals surface area contributed by atoms with Crippen LogP contribution in [-0.2, 0) is 6.54 Å². The Bertz CT molecular complexity index is 431. The quantitative estimate of drug-likeness (QED) is 0.745. The summed E-state index contributed by atoms with van der Waals surface area (Å²) in [6, 6.07) is 1.57. The van der Waals surface area contributed by atoms with E-state index in [9.17, 15) is 9.90 Å². The van der Waals surface area contributed by atoms with Crippen molar-refractivity contribution in [1.29, 1.82) is 0 Å². The SMILES string of the molecule is CN1Cc2cc(Cl)c(O)c(Cl)c2C1=O. The average molecular weight is 232 g/mol. The molecule has 0 saturated heterocycles. The van der Waals surface area contributed by atoms with Crippen molar-refractivity contribution in [2.45, 2.75) is 6.54 Å². The van der Waals surface area contributed by atoms with Crippen molar-refractivity contribution < 1.29 is 9.90 Å². The van der Waals surface area contributed by atoms with Crippen molar-refractivity contribution in [3.05, 3.63) is 27.2 Å². The molecule has 1 heterocycles. The van der Waals surface area contributed by atoms with E-state index in [1.54, 1.807) is 13.1 Å². The smallest absolute Gasteiger partial charge is 0.255 e. The van der Waals surface area contributed by atoms with Gasteiger partial charge in [-0.3, -0.25) is 4.79 Å². The molecule has 1 aliphatic rings. The first-order chi connectivity index (χ1) is 6.52. The number of aromatic hydroxyl groups is 1. The van der Waals surface area contributed by atoms with Crippen LogP contribution in [0.5, 0.6) is 5.75 Å². The Hall–Kier alpha value is -0.930. The molecule has 1 aromatic rings. The van der Waals surface area contributed by atoms with Crippen LogP contribution in [0.25, 0.3) is 0 Å². The number of carbonyl (C=O) groups is 1. The number of halogens is 2. The Morgan fingerprint density at radius 2 is 2.14 bits per heavy atom. The molecule has 0 radical (unpaired) electrons. The zero-order valence-corrected chi connectivity index (χ0v) is 8.85. The van der Waals surface area contributed by atoms with Gasteiger partial charge in [-0.2, -0.15) is 0 Å². The van der Waals surface area contributed by atoms with Crippen molar-refractivity contribution in [2.75, 3.05) is 7.05 Å². The molecule has 74 valence electrons. The minimum atomic E-state index is -0.226. The molecule has 1 amide bonds. The van der Waals surface area contributed by atoms with Gasteiger partial charge in [-0.15, -0.1) is 0 Å². The summed E-state index contributed by atoms with van der Waals surface area (Å²) in [4.78, 5) is 13.1. The summed E-state index contributed by atoms with van der Waals surface area (Å²) >= 11 is 11.6. The topological polar surface area (TPSA) is 40.5 Å². The second kappa shape index (κ2) is 3.04. The normalized spacial score (nSPS) is 14.8. The average Bonchev–Trinajstić information content (AvgIpc) is 2.39. The summed E-state index contributed by atoms with van der Waals surface area (Å²) in [5.41, 5.74) is 1.11. The molecule has 0 aromatic heterocycles. The standard InChI is InChI=1S/C9H7Cl2NO2/c1-12-3-4-2-5(10)8(13)7(11)6(4)9(12)14/h2,13H,3H2,1H3. The van der Waals surface area contributed by atoms with Crippen LogP contribution in [0.3, 0.4) is 0 Å². The van der Waals surface area contributed by atoms with Gasteiger partial charge in [0.05, 0.1) is 15.6 Å². The van der Waals surface area contributed by atoms with Crippen LogP contribution >= 0.6 is 23.2 Å². The molecule has 0 bridgehead atoms. The van der Waals surface area contributed by atoms with Crippen molar-refractivity contribution in [3.63, 3.8) is 0 Å². The zero-order chi connectivity index (χ0) is 10.5. The number of amides is 1. The van der Waals surface area contributed by atoms with Crippen molar-refractivity contribution in [1.82, 2.24) is 4.90 Å². The van der Waals surface area contributed by atoms with E-state index in [-0.39, 0.29) is 21.7 Å². The molecule has 1 aliphatic heterocycles. The Balaban J connectivity index is 2.71. The van der Waals surface area contributed by atoms with Crippen molar-refractivity contribution in [3.8, 4) is 5.75 Å². The minimum Gasteiger partial charge on any atom is -0.505 e. The summed E-state index contributed by atoms with van der Waals surface area (Å²) in [5.74, 6) is -0.410. The molecule has 1 aromatic carbocycles. The van der Waals surface area contributed by atoms with Gasteiger partial charge in [0.2, 0.25) is 0 Å². The van der Waals surface area contributed by atoms with E-state index in [4.69, 9.17) is 23.2 Å². The van der Waals surface area contributed by atoms with Crippen LogP contribution in [0.4, 0.5) is 0 Å². The van der Waals surface area contributed by atoms with E-state index in [0.717, 1.165) is 5.56 Å². The summed E-state index contributed by atoms with van der Waals surface area (Å²) in [5, 5.41) is 9.66. The van der Waals surface area contributed by atoms with E-state index in [1.165, 1.54) is 4.90 Å². The predicted molar refractivity (Wildman–Crippen MR) is 53.9 cm³/mol. The largest absolute Gasteiger partial charge is 0.505 e.